The van der Waals surface area contributed by atoms with E-state index in [4.69, 9.17) is 39.0 Å². The minimum Gasteiger partial charge on any atom is -0.368 e. The number of primary amides is 1. The number of nitrogens with zero attached hydrogens (tertiary/aromatic N) is 4. The van der Waals surface area contributed by atoms with Gasteiger partial charge in [-0.3, -0.25) is 9.59 Å². The number of hydrogen-bond donors (Lipinski definition) is 3. The molecule has 2 heterocycles. The van der Waals surface area contributed by atoms with E-state index in [9.17, 15) is 9.59 Å². The lowest BCUT2D eigenvalue weighted by Crippen LogP contribution is -2.48. The van der Waals surface area contributed by atoms with Crippen LogP contribution in [-0.4, -0.2) is 40.1 Å². The van der Waals surface area contributed by atoms with Crippen molar-refractivity contribution < 1.29 is 9.59 Å². The zero-order valence-electron chi connectivity index (χ0n) is 23.7. The van der Waals surface area contributed by atoms with Gasteiger partial charge in [0.25, 0.3) is 5.91 Å². The Labute approximate surface area is 260 Å². The highest BCUT2D eigenvalue weighted by molar-refractivity contribution is 6.31. The van der Waals surface area contributed by atoms with Gasteiger partial charge in [-0.05, 0) is 46.9 Å². The molecular formula is C32H31Cl2N7O2. The van der Waals surface area contributed by atoms with Crippen LogP contribution in [0.1, 0.15) is 46.8 Å². The average molecular weight is 617 g/mol. The zero-order valence-corrected chi connectivity index (χ0v) is 25.2. The van der Waals surface area contributed by atoms with Gasteiger partial charge in [0.1, 0.15) is 11.6 Å². The molecule has 4 aromatic rings. The number of carbonyl (C=O) groups excluding carboxylic acids is 2. The molecule has 220 valence electrons. The normalized spacial score (nSPS) is 15.2. The lowest BCUT2D eigenvalue weighted by atomic mass is 9.90. The van der Waals surface area contributed by atoms with Crippen molar-refractivity contribution in [2.75, 3.05) is 16.9 Å². The van der Waals surface area contributed by atoms with E-state index in [1.807, 2.05) is 92.7 Å². The number of rotatable bonds is 10. The molecule has 0 spiro atoms. The molecule has 11 heteroatoms. The number of amides is 2. The maximum Gasteiger partial charge on any atom is 0.257 e. The maximum atomic E-state index is 13.6. The first-order chi connectivity index (χ1) is 20.7. The van der Waals surface area contributed by atoms with Gasteiger partial charge in [-0.15, -0.1) is 0 Å². The number of benzene rings is 3. The van der Waals surface area contributed by atoms with Crippen LogP contribution in [0, 0.1) is 5.92 Å². The summed E-state index contributed by atoms with van der Waals surface area (Å²) in [5.74, 6) is -0.877. The summed E-state index contributed by atoms with van der Waals surface area (Å²) < 4.78 is 0. The van der Waals surface area contributed by atoms with Crippen LogP contribution in [0.25, 0.3) is 0 Å². The molecule has 2 atom stereocenters. The van der Waals surface area contributed by atoms with E-state index < -0.39 is 17.9 Å². The number of aromatic nitrogens is 2. The molecule has 0 bridgehead atoms. The van der Waals surface area contributed by atoms with E-state index in [2.05, 4.69) is 15.6 Å². The predicted molar refractivity (Wildman–Crippen MR) is 171 cm³/mol. The fraction of sp³-hybridized carbons (Fsp3) is 0.219. The third-order valence-corrected chi connectivity index (χ3v) is 7.64. The summed E-state index contributed by atoms with van der Waals surface area (Å²) in [6, 6.07) is 24.1. The van der Waals surface area contributed by atoms with Gasteiger partial charge in [-0.1, -0.05) is 91.6 Å². The summed E-state index contributed by atoms with van der Waals surface area (Å²) >= 11 is 12.2. The Balaban J connectivity index is 1.54. The van der Waals surface area contributed by atoms with Gasteiger partial charge in [0.15, 0.2) is 5.82 Å². The minimum atomic E-state index is -0.869. The molecule has 0 saturated heterocycles. The van der Waals surface area contributed by atoms with Crippen LogP contribution in [0.4, 0.5) is 11.8 Å². The van der Waals surface area contributed by atoms with Gasteiger partial charge >= 0.3 is 0 Å². The van der Waals surface area contributed by atoms with E-state index in [-0.39, 0.29) is 17.4 Å². The Morgan fingerprint density at radius 2 is 1.63 bits per heavy atom. The second-order valence-electron chi connectivity index (χ2n) is 10.5. The highest BCUT2D eigenvalue weighted by Gasteiger charge is 2.33. The summed E-state index contributed by atoms with van der Waals surface area (Å²) in [6.07, 6.45) is 1.44. The lowest BCUT2D eigenvalue weighted by Gasteiger charge is -2.22. The molecule has 0 radical (unpaired) electrons. The monoisotopic (exact) mass is 615 g/mol. The Kier molecular flexibility index (Phi) is 9.23. The van der Waals surface area contributed by atoms with E-state index >= 15 is 0 Å². The fourth-order valence-electron chi connectivity index (χ4n) is 4.85. The molecule has 43 heavy (non-hydrogen) atoms. The SMILES string of the molecule is CC(C)[C@H](NC(=O)c1cnc(NCc2ccc(Cl)cc2)nc1N1CC(c2ccccc2)C(c2ccc(Cl)cc2)=N1)C(N)=O. The topological polar surface area (TPSA) is 126 Å². The molecule has 0 saturated carbocycles. The first-order valence-electron chi connectivity index (χ1n) is 13.8. The van der Waals surface area contributed by atoms with Gasteiger partial charge in [0, 0.05) is 28.7 Å². The number of hydrogen-bond acceptors (Lipinski definition) is 7. The molecule has 1 aliphatic heterocycles. The van der Waals surface area contributed by atoms with Crippen molar-refractivity contribution >= 4 is 52.5 Å². The number of anilines is 2. The Morgan fingerprint density at radius 1 is 0.977 bits per heavy atom. The predicted octanol–water partition coefficient (Wildman–Crippen LogP) is 5.64. The van der Waals surface area contributed by atoms with Crippen molar-refractivity contribution in [1.29, 1.82) is 0 Å². The molecule has 2 amide bonds. The summed E-state index contributed by atoms with van der Waals surface area (Å²) in [5, 5.41) is 13.9. The van der Waals surface area contributed by atoms with Crippen molar-refractivity contribution in [1.82, 2.24) is 15.3 Å². The maximum absolute atomic E-state index is 13.6. The van der Waals surface area contributed by atoms with E-state index in [1.165, 1.54) is 6.20 Å². The third kappa shape index (κ3) is 7.13. The van der Waals surface area contributed by atoms with Crippen molar-refractivity contribution in [2.24, 2.45) is 16.8 Å². The first kappa shape index (κ1) is 30.0. The van der Waals surface area contributed by atoms with Crippen molar-refractivity contribution in [3.05, 3.63) is 117 Å². The average Bonchev–Trinajstić information content (AvgIpc) is 3.45. The molecule has 0 fully saturated rings. The van der Waals surface area contributed by atoms with E-state index in [0.29, 0.717) is 34.9 Å². The largest absolute Gasteiger partial charge is 0.368 e. The van der Waals surface area contributed by atoms with Gasteiger partial charge < -0.3 is 16.4 Å². The van der Waals surface area contributed by atoms with Crippen molar-refractivity contribution in [3.8, 4) is 0 Å². The third-order valence-electron chi connectivity index (χ3n) is 7.14. The minimum absolute atomic E-state index is 0.118. The second kappa shape index (κ2) is 13.2. The molecule has 9 nitrogen and oxygen atoms in total. The fourth-order valence-corrected chi connectivity index (χ4v) is 5.10. The number of halogens is 2. The Bertz CT molecular complexity index is 1630. The Morgan fingerprint density at radius 3 is 2.26 bits per heavy atom. The van der Waals surface area contributed by atoms with Gasteiger partial charge in [-0.2, -0.15) is 10.1 Å². The van der Waals surface area contributed by atoms with Crippen LogP contribution in [0.15, 0.2) is 90.2 Å². The zero-order chi connectivity index (χ0) is 30.5. The van der Waals surface area contributed by atoms with Crippen LogP contribution in [0.2, 0.25) is 10.0 Å². The first-order valence-corrected chi connectivity index (χ1v) is 14.6. The van der Waals surface area contributed by atoms with Crippen molar-refractivity contribution in [3.63, 3.8) is 0 Å². The molecule has 1 unspecified atom stereocenters. The van der Waals surface area contributed by atoms with Crippen LogP contribution < -0.4 is 21.4 Å². The quantitative estimate of drug-likeness (QED) is 0.212. The van der Waals surface area contributed by atoms with Crippen LogP contribution in [-0.2, 0) is 11.3 Å². The number of hydrazone groups is 1. The van der Waals surface area contributed by atoms with Crippen molar-refractivity contribution in [2.45, 2.75) is 32.4 Å². The number of nitrogens with two attached hydrogens (primary N) is 1. The molecule has 4 N–H and O–H groups in total. The summed E-state index contributed by atoms with van der Waals surface area (Å²) in [4.78, 5) is 34.8. The molecule has 5 rings (SSSR count). The van der Waals surface area contributed by atoms with Gasteiger partial charge in [0.2, 0.25) is 11.9 Å². The number of nitrogens with one attached hydrogen (secondary N) is 2. The lowest BCUT2D eigenvalue weighted by molar-refractivity contribution is -0.120. The van der Waals surface area contributed by atoms with Crippen LogP contribution >= 0.6 is 23.2 Å². The van der Waals surface area contributed by atoms with Gasteiger partial charge in [-0.25, -0.2) is 9.99 Å². The standard InChI is InChI=1S/C32H31Cl2N7O2/c1-19(2)27(29(35)42)38-31(43)25-17-37-32(36-16-20-8-12-23(33)13-9-20)39-30(25)41-18-26(21-6-4-3-5-7-21)28(40-41)22-10-14-24(34)15-11-22/h3-15,17,19,26-27H,16,18H2,1-2H3,(H2,35,42)(H,38,43)(H,36,37,39)/t26?,27-/m0/s1. The summed E-state index contributed by atoms with van der Waals surface area (Å²) in [6.45, 7) is 4.47. The molecular weight excluding hydrogens is 585 g/mol. The smallest absolute Gasteiger partial charge is 0.257 e. The van der Waals surface area contributed by atoms with E-state index in [0.717, 1.165) is 22.4 Å². The molecule has 3 aromatic carbocycles. The van der Waals surface area contributed by atoms with E-state index in [1.54, 1.807) is 5.01 Å². The summed E-state index contributed by atoms with van der Waals surface area (Å²) in [7, 11) is 0. The highest BCUT2D eigenvalue weighted by Crippen LogP contribution is 2.33. The van der Waals surface area contributed by atoms with Gasteiger partial charge in [0.05, 0.1) is 12.3 Å². The molecule has 1 aliphatic rings. The molecule has 1 aromatic heterocycles. The molecule has 0 aliphatic carbocycles. The van der Waals surface area contributed by atoms with Crippen LogP contribution in [0.3, 0.4) is 0 Å². The number of carbonyl (C=O) groups is 2. The highest BCUT2D eigenvalue weighted by atomic mass is 35.5. The Hall–Kier alpha value is -4.47. The van der Waals surface area contributed by atoms with Crippen LogP contribution in [0.5, 0.6) is 0 Å². The second-order valence-corrected chi connectivity index (χ2v) is 11.4. The summed E-state index contributed by atoms with van der Waals surface area (Å²) in [5.41, 5.74) is 9.49.